The number of halogens is 3. The number of hydrogen-bond donors (Lipinski definition) is 1. The first-order valence-electron chi connectivity index (χ1n) is 8.17. The summed E-state index contributed by atoms with van der Waals surface area (Å²) >= 11 is 0. The predicted molar refractivity (Wildman–Crippen MR) is 94.3 cm³/mol. The fraction of sp³-hybridized carbons (Fsp3) is 0.222. The second-order valence-corrected chi connectivity index (χ2v) is 6.19. The number of amides is 1. The van der Waals surface area contributed by atoms with Crippen LogP contribution in [0.1, 0.15) is 22.3 Å². The number of nitro groups is 1. The number of benzene rings is 2. The molecule has 2 aromatic carbocycles. The van der Waals surface area contributed by atoms with E-state index in [1.165, 1.54) is 31.4 Å². The van der Waals surface area contributed by atoms with Crippen molar-refractivity contribution in [2.75, 3.05) is 7.11 Å². The van der Waals surface area contributed by atoms with Gasteiger partial charge in [0.05, 0.1) is 18.5 Å². The number of rotatable bonds is 4. The predicted octanol–water partition coefficient (Wildman–Crippen LogP) is 3.21. The average Bonchev–Trinajstić information content (AvgIpc) is 3.06. The van der Waals surface area contributed by atoms with Crippen molar-refractivity contribution in [3.05, 3.63) is 69.8 Å². The van der Waals surface area contributed by atoms with Crippen LogP contribution in [0.3, 0.4) is 0 Å². The molecule has 1 aliphatic rings. The van der Waals surface area contributed by atoms with E-state index in [0.29, 0.717) is 5.01 Å². The fourth-order valence-corrected chi connectivity index (χ4v) is 2.87. The molecule has 0 aromatic heterocycles. The molecule has 1 heterocycles. The summed E-state index contributed by atoms with van der Waals surface area (Å²) in [4.78, 5) is 23.0. The fourth-order valence-electron chi connectivity index (χ4n) is 2.87. The molecule has 0 saturated carbocycles. The van der Waals surface area contributed by atoms with Crippen LogP contribution in [-0.2, 0) is 5.72 Å². The molecule has 1 N–H and O–H groups in total. The van der Waals surface area contributed by atoms with Gasteiger partial charge in [-0.15, -0.1) is 0 Å². The number of ether oxygens (including phenoxy) is 1. The second kappa shape index (κ2) is 7.17. The first-order chi connectivity index (χ1) is 13.6. The molecule has 1 atom stereocenters. The van der Waals surface area contributed by atoms with Crippen LogP contribution in [0.25, 0.3) is 0 Å². The van der Waals surface area contributed by atoms with Gasteiger partial charge in [-0.25, -0.2) is 0 Å². The third-order valence-electron chi connectivity index (χ3n) is 4.36. The Hall–Kier alpha value is -3.47. The van der Waals surface area contributed by atoms with Crippen LogP contribution in [0.5, 0.6) is 5.75 Å². The SMILES string of the molecule is COc1cccc(C(=O)N2N=C(C(F)(F)F)C[C@@]2(O)c2ccc([N+](=O)[O-])cc2)c1. The quantitative estimate of drug-likeness (QED) is 0.617. The number of methoxy groups -OCH3 is 1. The van der Waals surface area contributed by atoms with Gasteiger partial charge < -0.3 is 9.84 Å². The minimum atomic E-state index is -4.88. The van der Waals surface area contributed by atoms with Crippen molar-refractivity contribution in [3.8, 4) is 5.75 Å². The van der Waals surface area contributed by atoms with E-state index in [1.54, 1.807) is 0 Å². The maximum absolute atomic E-state index is 13.3. The third kappa shape index (κ3) is 3.76. The lowest BCUT2D eigenvalue weighted by Crippen LogP contribution is -2.43. The summed E-state index contributed by atoms with van der Waals surface area (Å²) in [6.45, 7) is 0. The molecule has 1 aliphatic heterocycles. The molecule has 0 unspecified atom stereocenters. The molecule has 29 heavy (non-hydrogen) atoms. The number of nitro benzene ring substituents is 1. The number of non-ortho nitro benzene ring substituents is 1. The Morgan fingerprint density at radius 2 is 1.93 bits per heavy atom. The lowest BCUT2D eigenvalue weighted by Gasteiger charge is -2.31. The van der Waals surface area contributed by atoms with Gasteiger partial charge in [-0.1, -0.05) is 6.07 Å². The normalized spacial score (nSPS) is 19.1. The molecule has 8 nitrogen and oxygen atoms in total. The topological polar surface area (TPSA) is 105 Å². The lowest BCUT2D eigenvalue weighted by molar-refractivity contribution is -0.384. The highest BCUT2D eigenvalue weighted by molar-refractivity contribution is 6.00. The average molecular weight is 409 g/mol. The van der Waals surface area contributed by atoms with E-state index in [0.717, 1.165) is 24.3 Å². The molecular formula is C18H14F3N3O5. The highest BCUT2D eigenvalue weighted by atomic mass is 19.4. The molecule has 0 bridgehead atoms. The Balaban J connectivity index is 2.06. The molecule has 3 rings (SSSR count). The van der Waals surface area contributed by atoms with Crippen molar-refractivity contribution < 1.29 is 32.7 Å². The summed E-state index contributed by atoms with van der Waals surface area (Å²) < 4.78 is 44.8. The molecule has 0 saturated heterocycles. The Morgan fingerprint density at radius 1 is 1.28 bits per heavy atom. The summed E-state index contributed by atoms with van der Waals surface area (Å²) in [5, 5.41) is 25.5. The zero-order valence-corrected chi connectivity index (χ0v) is 14.9. The van der Waals surface area contributed by atoms with Gasteiger partial charge >= 0.3 is 6.18 Å². The van der Waals surface area contributed by atoms with Crippen LogP contribution < -0.4 is 4.74 Å². The van der Waals surface area contributed by atoms with Crippen LogP contribution in [0.2, 0.25) is 0 Å². The standard InChI is InChI=1S/C18H14F3N3O5/c1-29-14-4-2-3-11(9-14)16(25)23-17(26,10-15(22-23)18(19,20)21)12-5-7-13(8-6-12)24(27)28/h2-9,26H,10H2,1H3/t17-/m1/s1. The zero-order chi connectivity index (χ0) is 21.4. The lowest BCUT2D eigenvalue weighted by atomic mass is 9.96. The number of alkyl halides is 3. The summed E-state index contributed by atoms with van der Waals surface area (Å²) in [6, 6.07) is 9.83. The van der Waals surface area contributed by atoms with E-state index >= 15 is 0 Å². The summed E-state index contributed by atoms with van der Waals surface area (Å²) in [7, 11) is 1.35. The molecule has 2 aromatic rings. The van der Waals surface area contributed by atoms with Gasteiger partial charge in [0, 0.05) is 23.3 Å². The van der Waals surface area contributed by atoms with E-state index in [9.17, 15) is 33.2 Å². The van der Waals surface area contributed by atoms with E-state index in [2.05, 4.69) is 5.10 Å². The molecule has 1 amide bonds. The van der Waals surface area contributed by atoms with Crippen molar-refractivity contribution >= 4 is 17.3 Å². The smallest absolute Gasteiger partial charge is 0.431 e. The first kappa shape index (κ1) is 20.3. The van der Waals surface area contributed by atoms with Crippen molar-refractivity contribution in [1.82, 2.24) is 5.01 Å². The Bertz CT molecular complexity index is 991. The summed E-state index contributed by atoms with van der Waals surface area (Å²) in [6.07, 6.45) is -5.90. The number of carbonyl (C=O) groups is 1. The Labute approximate surface area is 162 Å². The zero-order valence-electron chi connectivity index (χ0n) is 14.9. The van der Waals surface area contributed by atoms with Gasteiger partial charge in [-0.2, -0.15) is 23.3 Å². The minimum absolute atomic E-state index is 0.0585. The largest absolute Gasteiger partial charge is 0.497 e. The van der Waals surface area contributed by atoms with Crippen LogP contribution in [0, 0.1) is 10.1 Å². The number of hydrazone groups is 1. The molecule has 0 spiro atoms. The van der Waals surface area contributed by atoms with Crippen molar-refractivity contribution in [1.29, 1.82) is 0 Å². The third-order valence-corrected chi connectivity index (χ3v) is 4.36. The number of nitrogens with zero attached hydrogens (tertiary/aromatic N) is 3. The van der Waals surface area contributed by atoms with Crippen LogP contribution >= 0.6 is 0 Å². The molecule has 0 fully saturated rings. The highest BCUT2D eigenvalue weighted by Crippen LogP contribution is 2.41. The van der Waals surface area contributed by atoms with E-state index < -0.39 is 34.9 Å². The van der Waals surface area contributed by atoms with Crippen LogP contribution in [0.4, 0.5) is 18.9 Å². The Kier molecular flexibility index (Phi) is 5.01. The number of aliphatic hydroxyl groups is 1. The Morgan fingerprint density at radius 3 is 2.48 bits per heavy atom. The monoisotopic (exact) mass is 409 g/mol. The van der Waals surface area contributed by atoms with Gasteiger partial charge in [0.25, 0.3) is 11.6 Å². The van der Waals surface area contributed by atoms with Crippen molar-refractivity contribution in [3.63, 3.8) is 0 Å². The summed E-state index contributed by atoms with van der Waals surface area (Å²) in [5.74, 6) is -0.710. The molecule has 152 valence electrons. The maximum Gasteiger partial charge on any atom is 0.431 e. The van der Waals surface area contributed by atoms with Crippen LogP contribution in [-0.4, -0.2) is 39.9 Å². The van der Waals surface area contributed by atoms with Gasteiger partial charge in [-0.3, -0.25) is 14.9 Å². The van der Waals surface area contributed by atoms with Gasteiger partial charge in [0.1, 0.15) is 11.5 Å². The molecular weight excluding hydrogens is 395 g/mol. The number of hydrogen-bond acceptors (Lipinski definition) is 6. The van der Waals surface area contributed by atoms with Gasteiger partial charge in [-0.05, 0) is 30.3 Å². The van der Waals surface area contributed by atoms with E-state index in [1.807, 2.05) is 0 Å². The maximum atomic E-state index is 13.3. The van der Waals surface area contributed by atoms with Crippen LogP contribution in [0.15, 0.2) is 53.6 Å². The van der Waals surface area contributed by atoms with E-state index in [4.69, 9.17) is 4.74 Å². The summed E-state index contributed by atoms with van der Waals surface area (Å²) in [5.41, 5.74) is -4.35. The van der Waals surface area contributed by atoms with Crippen molar-refractivity contribution in [2.45, 2.75) is 18.3 Å². The second-order valence-electron chi connectivity index (χ2n) is 6.19. The van der Waals surface area contributed by atoms with Gasteiger partial charge in [0.15, 0.2) is 5.72 Å². The van der Waals surface area contributed by atoms with Gasteiger partial charge in [0.2, 0.25) is 0 Å². The highest BCUT2D eigenvalue weighted by Gasteiger charge is 2.53. The first-order valence-corrected chi connectivity index (χ1v) is 8.17. The minimum Gasteiger partial charge on any atom is -0.497 e. The van der Waals surface area contributed by atoms with E-state index in [-0.39, 0.29) is 22.6 Å². The van der Waals surface area contributed by atoms with Crippen molar-refractivity contribution in [2.24, 2.45) is 5.10 Å². The molecule has 0 aliphatic carbocycles. The number of carbonyl (C=O) groups excluding carboxylic acids is 1. The molecule has 11 heteroatoms. The molecule has 0 radical (unpaired) electrons.